The van der Waals surface area contributed by atoms with Crippen LogP contribution in [0.4, 0.5) is 0 Å². The van der Waals surface area contributed by atoms with E-state index in [0.29, 0.717) is 13.0 Å². The van der Waals surface area contributed by atoms with Crippen LogP contribution < -0.4 is 0 Å². The fraction of sp³-hybridized carbons (Fsp3) is 0.429. The summed E-state index contributed by atoms with van der Waals surface area (Å²) in [6.45, 7) is 4.47. The molecule has 2 amide bonds. The Labute approximate surface area is 101 Å². The van der Waals surface area contributed by atoms with Crippen molar-refractivity contribution in [3.63, 3.8) is 0 Å². The summed E-state index contributed by atoms with van der Waals surface area (Å²) >= 11 is 0. The fourth-order valence-electron chi connectivity index (χ4n) is 2.12. The van der Waals surface area contributed by atoms with Crippen LogP contribution in [-0.2, 0) is 16.0 Å². The minimum absolute atomic E-state index is 0.0292. The molecule has 0 radical (unpaired) electrons. The van der Waals surface area contributed by atoms with Crippen molar-refractivity contribution in [1.29, 1.82) is 0 Å². The second-order valence-corrected chi connectivity index (χ2v) is 4.77. The van der Waals surface area contributed by atoms with Crippen LogP contribution in [0.15, 0.2) is 30.3 Å². The molecule has 1 aliphatic rings. The molecule has 0 N–H and O–H groups in total. The second kappa shape index (κ2) is 4.70. The van der Waals surface area contributed by atoms with Crippen LogP contribution in [0.2, 0.25) is 0 Å². The molecule has 0 unspecified atom stereocenters. The van der Waals surface area contributed by atoms with Gasteiger partial charge in [0, 0.05) is 12.5 Å². The molecule has 2 atom stereocenters. The van der Waals surface area contributed by atoms with Crippen LogP contribution in [0.5, 0.6) is 0 Å². The van der Waals surface area contributed by atoms with E-state index in [-0.39, 0.29) is 23.7 Å². The molecule has 90 valence electrons. The molecule has 0 bridgehead atoms. The zero-order valence-electron chi connectivity index (χ0n) is 10.2. The van der Waals surface area contributed by atoms with Gasteiger partial charge in [0.05, 0.1) is 6.42 Å². The minimum atomic E-state index is -0.0857. The van der Waals surface area contributed by atoms with Crippen molar-refractivity contribution in [3.8, 4) is 0 Å². The van der Waals surface area contributed by atoms with E-state index in [1.807, 2.05) is 44.2 Å². The number of carbonyl (C=O) groups is 2. The highest BCUT2D eigenvalue weighted by Gasteiger charge is 2.37. The molecule has 0 spiro atoms. The first-order valence-electron chi connectivity index (χ1n) is 5.97. The van der Waals surface area contributed by atoms with Crippen molar-refractivity contribution < 1.29 is 9.59 Å². The molecule has 0 aromatic heterocycles. The maximum atomic E-state index is 12.0. The van der Waals surface area contributed by atoms with Gasteiger partial charge >= 0.3 is 0 Å². The quantitative estimate of drug-likeness (QED) is 0.779. The largest absolute Gasteiger partial charge is 0.282 e. The third-order valence-electron chi connectivity index (χ3n) is 3.48. The fourth-order valence-corrected chi connectivity index (χ4v) is 2.12. The Hall–Kier alpha value is -1.64. The summed E-state index contributed by atoms with van der Waals surface area (Å²) in [5.41, 5.74) is 0.956. The lowest BCUT2D eigenvalue weighted by Gasteiger charge is -2.14. The van der Waals surface area contributed by atoms with E-state index >= 15 is 0 Å². The van der Waals surface area contributed by atoms with Crippen LogP contribution in [0.25, 0.3) is 0 Å². The van der Waals surface area contributed by atoms with Gasteiger partial charge in [-0.05, 0) is 11.5 Å². The van der Waals surface area contributed by atoms with E-state index in [1.54, 1.807) is 0 Å². The van der Waals surface area contributed by atoms with Gasteiger partial charge < -0.3 is 0 Å². The molecule has 0 aliphatic carbocycles. The highest BCUT2D eigenvalue weighted by molar-refractivity contribution is 5.98. The molecule has 1 heterocycles. The number of amides is 2. The highest BCUT2D eigenvalue weighted by atomic mass is 16.2. The van der Waals surface area contributed by atoms with Crippen molar-refractivity contribution in [1.82, 2.24) is 4.90 Å². The average Bonchev–Trinajstić information content (AvgIpc) is 2.58. The Morgan fingerprint density at radius 3 is 2.47 bits per heavy atom. The summed E-state index contributed by atoms with van der Waals surface area (Å²) in [4.78, 5) is 25.3. The zero-order chi connectivity index (χ0) is 12.4. The lowest BCUT2D eigenvalue weighted by atomic mass is 10.0. The molecular weight excluding hydrogens is 214 g/mol. The molecule has 1 aliphatic heterocycles. The molecule has 0 saturated carbocycles. The van der Waals surface area contributed by atoms with Gasteiger partial charge in [-0.3, -0.25) is 14.5 Å². The average molecular weight is 231 g/mol. The lowest BCUT2D eigenvalue weighted by Crippen LogP contribution is -2.34. The van der Waals surface area contributed by atoms with Crippen molar-refractivity contribution >= 4 is 11.8 Å². The van der Waals surface area contributed by atoms with E-state index in [1.165, 1.54) is 4.90 Å². The van der Waals surface area contributed by atoms with E-state index in [0.717, 1.165) is 5.56 Å². The SMILES string of the molecule is C[C@@H]1CN(C(=O)Cc2ccccc2)C(=O)[C@@H]1C. The van der Waals surface area contributed by atoms with Gasteiger partial charge in [0.1, 0.15) is 0 Å². The predicted octanol–water partition coefficient (Wildman–Crippen LogP) is 1.87. The summed E-state index contributed by atoms with van der Waals surface area (Å²) < 4.78 is 0. The zero-order valence-corrected chi connectivity index (χ0v) is 10.2. The van der Waals surface area contributed by atoms with Gasteiger partial charge in [0.15, 0.2) is 0 Å². The van der Waals surface area contributed by atoms with E-state index in [2.05, 4.69) is 0 Å². The van der Waals surface area contributed by atoms with Gasteiger partial charge in [0.2, 0.25) is 11.8 Å². The molecule has 3 heteroatoms. The molecule has 3 nitrogen and oxygen atoms in total. The van der Waals surface area contributed by atoms with Gasteiger partial charge in [-0.1, -0.05) is 44.2 Å². The van der Waals surface area contributed by atoms with E-state index in [9.17, 15) is 9.59 Å². The Kier molecular flexibility index (Phi) is 3.27. The summed E-state index contributed by atoms with van der Waals surface area (Å²) in [5, 5.41) is 0. The molecular formula is C14H17NO2. The molecule has 1 aromatic carbocycles. The molecule has 17 heavy (non-hydrogen) atoms. The Morgan fingerprint density at radius 2 is 1.94 bits per heavy atom. The first-order valence-corrected chi connectivity index (χ1v) is 5.97. The van der Waals surface area contributed by atoms with Crippen molar-refractivity contribution in [2.24, 2.45) is 11.8 Å². The van der Waals surface area contributed by atoms with Crippen molar-refractivity contribution in [3.05, 3.63) is 35.9 Å². The smallest absolute Gasteiger partial charge is 0.233 e. The third kappa shape index (κ3) is 2.38. The van der Waals surface area contributed by atoms with E-state index < -0.39 is 0 Å². The van der Waals surface area contributed by atoms with Gasteiger partial charge in [-0.15, -0.1) is 0 Å². The summed E-state index contributed by atoms with van der Waals surface area (Å²) in [6, 6.07) is 9.54. The number of imide groups is 1. The topological polar surface area (TPSA) is 37.4 Å². The standard InChI is InChI=1S/C14H17NO2/c1-10-9-15(14(17)11(10)2)13(16)8-12-6-4-3-5-7-12/h3-7,10-11H,8-9H2,1-2H3/t10-,11-/m1/s1. The van der Waals surface area contributed by atoms with Crippen LogP contribution >= 0.6 is 0 Å². The maximum absolute atomic E-state index is 12.0. The number of likely N-dealkylation sites (tertiary alicyclic amines) is 1. The lowest BCUT2D eigenvalue weighted by molar-refractivity contribution is -0.142. The monoisotopic (exact) mass is 231 g/mol. The Bertz CT molecular complexity index is 427. The highest BCUT2D eigenvalue weighted by Crippen LogP contribution is 2.24. The number of hydrogen-bond donors (Lipinski definition) is 0. The molecule has 2 rings (SSSR count). The second-order valence-electron chi connectivity index (χ2n) is 4.77. The van der Waals surface area contributed by atoms with Crippen molar-refractivity contribution in [2.75, 3.05) is 6.54 Å². The summed E-state index contributed by atoms with van der Waals surface area (Å²) in [5.74, 6) is 0.118. The number of rotatable bonds is 2. The number of carbonyl (C=O) groups excluding carboxylic acids is 2. The van der Waals surface area contributed by atoms with Crippen LogP contribution in [0.3, 0.4) is 0 Å². The summed E-state index contributed by atoms with van der Waals surface area (Å²) in [6.07, 6.45) is 0.312. The van der Waals surface area contributed by atoms with Gasteiger partial charge in [-0.25, -0.2) is 0 Å². The maximum Gasteiger partial charge on any atom is 0.233 e. The first kappa shape index (κ1) is 11.8. The van der Waals surface area contributed by atoms with E-state index in [4.69, 9.17) is 0 Å². The molecule has 1 aromatic rings. The molecule has 1 saturated heterocycles. The number of hydrogen-bond acceptors (Lipinski definition) is 2. The van der Waals surface area contributed by atoms with Crippen LogP contribution in [0.1, 0.15) is 19.4 Å². The number of nitrogens with zero attached hydrogens (tertiary/aromatic N) is 1. The van der Waals surface area contributed by atoms with Crippen LogP contribution in [0, 0.1) is 11.8 Å². The van der Waals surface area contributed by atoms with Gasteiger partial charge in [-0.2, -0.15) is 0 Å². The normalized spacial score (nSPS) is 24.1. The van der Waals surface area contributed by atoms with Crippen molar-refractivity contribution in [2.45, 2.75) is 20.3 Å². The summed E-state index contributed by atoms with van der Waals surface area (Å²) in [7, 11) is 0. The minimum Gasteiger partial charge on any atom is -0.282 e. The van der Waals surface area contributed by atoms with Crippen LogP contribution in [-0.4, -0.2) is 23.3 Å². The Morgan fingerprint density at radius 1 is 1.29 bits per heavy atom. The predicted molar refractivity (Wildman–Crippen MR) is 65.2 cm³/mol. The number of benzene rings is 1. The molecule has 1 fully saturated rings. The van der Waals surface area contributed by atoms with Gasteiger partial charge in [0.25, 0.3) is 0 Å². The third-order valence-corrected chi connectivity index (χ3v) is 3.48. The Balaban J connectivity index is 2.05. The first-order chi connectivity index (χ1) is 8.09.